The van der Waals surface area contributed by atoms with Gasteiger partial charge in [0.15, 0.2) is 0 Å². The predicted molar refractivity (Wildman–Crippen MR) is 122 cm³/mol. The molecule has 0 bridgehead atoms. The molecule has 2 fully saturated rings. The van der Waals surface area contributed by atoms with Gasteiger partial charge in [-0.3, -0.25) is 19.3 Å². The van der Waals surface area contributed by atoms with E-state index in [1.165, 1.54) is 6.08 Å². The highest BCUT2D eigenvalue weighted by molar-refractivity contribution is 8.18. The minimum atomic E-state index is -0.489. The van der Waals surface area contributed by atoms with Gasteiger partial charge in [-0.1, -0.05) is 36.0 Å². The molecule has 2 aromatic rings. The van der Waals surface area contributed by atoms with Gasteiger partial charge in [-0.25, -0.2) is 0 Å². The average Bonchev–Trinajstić information content (AvgIpc) is 3.17. The number of nitrogens with zero attached hydrogens (tertiary/aromatic N) is 2. The van der Waals surface area contributed by atoms with Crippen molar-refractivity contribution in [2.75, 3.05) is 19.6 Å². The number of halogens is 2. The van der Waals surface area contributed by atoms with Crippen LogP contribution in [0.3, 0.4) is 0 Å². The molecule has 2 saturated heterocycles. The van der Waals surface area contributed by atoms with Gasteiger partial charge >= 0.3 is 0 Å². The summed E-state index contributed by atoms with van der Waals surface area (Å²) in [5, 5.41) is 0.550. The van der Waals surface area contributed by atoms with Crippen LogP contribution in [0.1, 0.15) is 31.4 Å². The zero-order valence-electron chi connectivity index (χ0n) is 16.6. The summed E-state index contributed by atoms with van der Waals surface area (Å²) < 4.78 is 5.79. The SMILES string of the molecule is O=C(CN1C(=O)SC(=Cc2ccc(-c3cc(Cl)ccc3Cl)o2)C1=O)N1CCCCCC1. The van der Waals surface area contributed by atoms with Crippen LogP contribution in [0.25, 0.3) is 17.4 Å². The van der Waals surface area contributed by atoms with Gasteiger partial charge in [-0.2, -0.15) is 0 Å². The first-order valence-corrected chi connectivity index (χ1v) is 11.6. The van der Waals surface area contributed by atoms with Crippen LogP contribution in [0, 0.1) is 0 Å². The van der Waals surface area contributed by atoms with Crippen molar-refractivity contribution in [3.05, 3.63) is 51.0 Å². The maximum atomic E-state index is 12.7. The van der Waals surface area contributed by atoms with Crippen LogP contribution in [0.5, 0.6) is 0 Å². The number of likely N-dealkylation sites (tertiary alicyclic amines) is 1. The lowest BCUT2D eigenvalue weighted by Gasteiger charge is -2.22. The molecule has 1 aromatic carbocycles. The van der Waals surface area contributed by atoms with Gasteiger partial charge in [0.2, 0.25) is 5.91 Å². The van der Waals surface area contributed by atoms with Crippen molar-refractivity contribution in [2.45, 2.75) is 25.7 Å². The van der Waals surface area contributed by atoms with Gasteiger partial charge in [-0.15, -0.1) is 0 Å². The Labute approximate surface area is 194 Å². The fourth-order valence-electron chi connectivity index (χ4n) is 3.58. The van der Waals surface area contributed by atoms with Gasteiger partial charge in [0, 0.05) is 29.8 Å². The number of carbonyl (C=O) groups is 3. The van der Waals surface area contributed by atoms with Crippen LogP contribution in [-0.4, -0.2) is 46.5 Å². The fraction of sp³-hybridized carbons (Fsp3) is 0.318. The molecule has 2 aliphatic rings. The topological polar surface area (TPSA) is 70.8 Å². The molecule has 0 N–H and O–H groups in total. The van der Waals surface area contributed by atoms with Crippen molar-refractivity contribution in [1.29, 1.82) is 0 Å². The molecular weight excluding hydrogens is 459 g/mol. The third kappa shape index (κ3) is 5.00. The maximum absolute atomic E-state index is 12.7. The van der Waals surface area contributed by atoms with Crippen LogP contribution in [0.15, 0.2) is 39.7 Å². The second-order valence-electron chi connectivity index (χ2n) is 7.39. The Kier molecular flexibility index (Phi) is 6.74. The summed E-state index contributed by atoms with van der Waals surface area (Å²) in [5.41, 5.74) is 0.630. The summed E-state index contributed by atoms with van der Waals surface area (Å²) in [6, 6.07) is 8.45. The van der Waals surface area contributed by atoms with Crippen molar-refractivity contribution >= 4 is 58.1 Å². The summed E-state index contributed by atoms with van der Waals surface area (Å²) in [6.45, 7) is 1.11. The summed E-state index contributed by atoms with van der Waals surface area (Å²) in [7, 11) is 0. The Balaban J connectivity index is 1.48. The first kappa shape index (κ1) is 22.0. The van der Waals surface area contributed by atoms with Crippen molar-refractivity contribution in [3.63, 3.8) is 0 Å². The van der Waals surface area contributed by atoms with E-state index in [1.807, 2.05) is 0 Å². The average molecular weight is 479 g/mol. The second-order valence-corrected chi connectivity index (χ2v) is 9.23. The third-order valence-corrected chi connectivity index (χ3v) is 6.69. The molecule has 0 unspecified atom stereocenters. The number of thioether (sulfide) groups is 1. The molecule has 0 atom stereocenters. The largest absolute Gasteiger partial charge is 0.457 e. The zero-order valence-corrected chi connectivity index (χ0v) is 18.9. The van der Waals surface area contributed by atoms with E-state index in [0.29, 0.717) is 40.2 Å². The Hall–Kier alpha value is -2.22. The Bertz CT molecular complexity index is 1060. The molecule has 0 aliphatic carbocycles. The number of amides is 3. The number of hydrogen-bond acceptors (Lipinski definition) is 5. The molecule has 1 aromatic heterocycles. The summed E-state index contributed by atoms with van der Waals surface area (Å²) in [4.78, 5) is 40.7. The molecule has 4 rings (SSSR count). The highest BCUT2D eigenvalue weighted by Crippen LogP contribution is 2.35. The minimum Gasteiger partial charge on any atom is -0.457 e. The van der Waals surface area contributed by atoms with E-state index in [1.54, 1.807) is 35.2 Å². The van der Waals surface area contributed by atoms with Gasteiger partial charge in [0.05, 0.1) is 9.93 Å². The van der Waals surface area contributed by atoms with Crippen LogP contribution in [-0.2, 0) is 9.59 Å². The summed E-state index contributed by atoms with van der Waals surface area (Å²) in [5.74, 6) is 0.211. The molecule has 6 nitrogen and oxygen atoms in total. The quantitative estimate of drug-likeness (QED) is 0.527. The van der Waals surface area contributed by atoms with E-state index in [9.17, 15) is 14.4 Å². The van der Waals surface area contributed by atoms with Crippen molar-refractivity contribution in [1.82, 2.24) is 9.80 Å². The number of furan rings is 1. The normalized spacial score (nSPS) is 18.7. The third-order valence-electron chi connectivity index (χ3n) is 5.22. The zero-order chi connectivity index (χ0) is 22.0. The lowest BCUT2D eigenvalue weighted by Crippen LogP contribution is -2.42. The summed E-state index contributed by atoms with van der Waals surface area (Å²) >= 11 is 13.1. The van der Waals surface area contributed by atoms with E-state index in [0.717, 1.165) is 42.3 Å². The van der Waals surface area contributed by atoms with Gasteiger partial charge in [0.25, 0.3) is 11.1 Å². The fourth-order valence-corrected chi connectivity index (χ4v) is 4.78. The molecular formula is C22H20Cl2N2O4S. The Morgan fingerprint density at radius 1 is 1.06 bits per heavy atom. The number of carbonyl (C=O) groups excluding carboxylic acids is 3. The van der Waals surface area contributed by atoms with Gasteiger partial charge in [0.1, 0.15) is 18.1 Å². The van der Waals surface area contributed by atoms with E-state index < -0.39 is 11.1 Å². The lowest BCUT2D eigenvalue weighted by molar-refractivity contribution is -0.135. The highest BCUT2D eigenvalue weighted by atomic mass is 35.5. The lowest BCUT2D eigenvalue weighted by atomic mass is 10.2. The van der Waals surface area contributed by atoms with E-state index >= 15 is 0 Å². The molecule has 9 heteroatoms. The summed E-state index contributed by atoms with van der Waals surface area (Å²) in [6.07, 6.45) is 5.60. The standard InChI is InChI=1S/C22H20Cl2N2O4S/c23-14-5-7-17(24)16(11-14)18-8-6-15(30-18)12-19-21(28)26(22(29)31-19)13-20(27)25-9-3-1-2-4-10-25/h5-8,11-12H,1-4,9-10,13H2. The van der Waals surface area contributed by atoms with E-state index in [-0.39, 0.29) is 17.4 Å². The Morgan fingerprint density at radius 2 is 1.81 bits per heavy atom. The maximum Gasteiger partial charge on any atom is 0.294 e. The molecule has 2 aliphatic heterocycles. The van der Waals surface area contributed by atoms with Crippen LogP contribution >= 0.6 is 35.0 Å². The molecule has 162 valence electrons. The van der Waals surface area contributed by atoms with Crippen molar-refractivity contribution in [3.8, 4) is 11.3 Å². The van der Waals surface area contributed by atoms with E-state index in [2.05, 4.69) is 0 Å². The van der Waals surface area contributed by atoms with Gasteiger partial charge in [-0.05, 0) is 54.9 Å². The number of benzene rings is 1. The minimum absolute atomic E-state index is 0.193. The van der Waals surface area contributed by atoms with Crippen LogP contribution in [0.2, 0.25) is 10.0 Å². The highest BCUT2D eigenvalue weighted by Gasteiger charge is 2.37. The van der Waals surface area contributed by atoms with Crippen molar-refractivity contribution < 1.29 is 18.8 Å². The van der Waals surface area contributed by atoms with Crippen LogP contribution in [0.4, 0.5) is 4.79 Å². The molecule has 0 spiro atoms. The van der Waals surface area contributed by atoms with Gasteiger partial charge < -0.3 is 9.32 Å². The molecule has 3 heterocycles. The number of rotatable bonds is 4. The van der Waals surface area contributed by atoms with Crippen LogP contribution < -0.4 is 0 Å². The number of hydrogen-bond donors (Lipinski definition) is 0. The Morgan fingerprint density at radius 3 is 2.55 bits per heavy atom. The first-order chi connectivity index (χ1) is 14.9. The number of imide groups is 1. The van der Waals surface area contributed by atoms with E-state index in [4.69, 9.17) is 27.6 Å². The molecule has 3 amide bonds. The monoisotopic (exact) mass is 478 g/mol. The molecule has 0 saturated carbocycles. The second kappa shape index (κ2) is 9.51. The molecule has 31 heavy (non-hydrogen) atoms. The first-order valence-electron chi connectivity index (χ1n) is 10.0. The smallest absolute Gasteiger partial charge is 0.294 e. The van der Waals surface area contributed by atoms with Crippen molar-refractivity contribution in [2.24, 2.45) is 0 Å². The molecule has 0 radical (unpaired) electrons. The predicted octanol–water partition coefficient (Wildman–Crippen LogP) is 5.69.